The predicted octanol–water partition coefficient (Wildman–Crippen LogP) is 1.87. The smallest absolute Gasteiger partial charge is 0.0204 e. The van der Waals surface area contributed by atoms with E-state index in [0.717, 1.165) is 13.1 Å². The molecule has 1 nitrogen and oxygen atoms in total. The Hall–Kier alpha value is -0.560. The minimum absolute atomic E-state index is 1.05. The van der Waals surface area contributed by atoms with Gasteiger partial charge in [0, 0.05) is 6.54 Å². The maximum atomic E-state index is 3.34. The van der Waals surface area contributed by atoms with Crippen molar-refractivity contribution < 1.29 is 0 Å². The Bertz CT molecular complexity index is 166. The van der Waals surface area contributed by atoms with E-state index in [2.05, 4.69) is 31.3 Å². The second-order valence-corrected chi connectivity index (χ2v) is 2.73. The molecule has 0 atom stereocenters. The van der Waals surface area contributed by atoms with Crippen LogP contribution in [0.2, 0.25) is 0 Å². The second-order valence-electron chi connectivity index (χ2n) is 2.73. The molecule has 0 radical (unpaired) electrons. The first kappa shape index (κ1) is 7.55. The molecule has 10 heavy (non-hydrogen) atoms. The fraction of sp³-hybridized carbons (Fsp3) is 0.556. The molecule has 0 spiro atoms. The third-order valence-corrected chi connectivity index (χ3v) is 1.91. The Labute approximate surface area is 62.8 Å². The van der Waals surface area contributed by atoms with Gasteiger partial charge in [-0.2, -0.15) is 0 Å². The minimum atomic E-state index is 1.05. The van der Waals surface area contributed by atoms with Crippen LogP contribution >= 0.6 is 0 Å². The average Bonchev–Trinajstić information content (AvgIpc) is 1.94. The van der Waals surface area contributed by atoms with Crippen molar-refractivity contribution in [2.24, 2.45) is 0 Å². The van der Waals surface area contributed by atoms with Crippen LogP contribution in [0.1, 0.15) is 20.3 Å². The summed E-state index contributed by atoms with van der Waals surface area (Å²) < 4.78 is 0. The van der Waals surface area contributed by atoms with E-state index in [0.29, 0.717) is 0 Å². The van der Waals surface area contributed by atoms with E-state index >= 15 is 0 Å². The summed E-state index contributed by atoms with van der Waals surface area (Å²) in [6, 6.07) is 0. The van der Waals surface area contributed by atoms with Gasteiger partial charge in [0.2, 0.25) is 0 Å². The summed E-state index contributed by atoms with van der Waals surface area (Å²) in [6.07, 6.45) is 5.51. The van der Waals surface area contributed by atoms with Gasteiger partial charge in [-0.1, -0.05) is 17.7 Å². The number of nitrogens with one attached hydrogen (secondary N) is 1. The molecule has 1 heteroatoms. The molecule has 1 aliphatic heterocycles. The molecule has 0 aromatic carbocycles. The van der Waals surface area contributed by atoms with Gasteiger partial charge in [0.05, 0.1) is 0 Å². The first-order valence-corrected chi connectivity index (χ1v) is 3.86. The van der Waals surface area contributed by atoms with E-state index < -0.39 is 0 Å². The van der Waals surface area contributed by atoms with E-state index in [9.17, 15) is 0 Å². The summed E-state index contributed by atoms with van der Waals surface area (Å²) in [5.74, 6) is 0. The Balaban J connectivity index is 2.68. The normalized spacial score (nSPS) is 20.6. The third kappa shape index (κ3) is 1.71. The highest BCUT2D eigenvalue weighted by Crippen LogP contribution is 2.11. The lowest BCUT2D eigenvalue weighted by atomic mass is 10.0. The van der Waals surface area contributed by atoms with Crippen LogP contribution in [0, 0.1) is 0 Å². The van der Waals surface area contributed by atoms with Gasteiger partial charge in [-0.15, -0.1) is 0 Å². The number of hydrogen-bond donors (Lipinski definition) is 1. The zero-order chi connectivity index (χ0) is 7.40. The number of rotatable bonds is 1. The lowest BCUT2D eigenvalue weighted by Crippen LogP contribution is -2.23. The van der Waals surface area contributed by atoms with E-state index in [1.807, 2.05) is 0 Å². The summed E-state index contributed by atoms with van der Waals surface area (Å²) in [6.45, 7) is 6.48. The molecule has 0 saturated carbocycles. The molecule has 0 fully saturated rings. The topological polar surface area (TPSA) is 12.0 Å². The highest BCUT2D eigenvalue weighted by Gasteiger charge is 2.03. The molecule has 1 N–H and O–H groups in total. The Morgan fingerprint density at radius 3 is 2.90 bits per heavy atom. The molecule has 0 amide bonds. The van der Waals surface area contributed by atoms with E-state index in [1.54, 1.807) is 0 Å². The maximum absolute atomic E-state index is 3.34. The molecule has 0 saturated heterocycles. The fourth-order valence-corrected chi connectivity index (χ4v) is 1.21. The zero-order valence-electron chi connectivity index (χ0n) is 6.78. The molecule has 0 aliphatic carbocycles. The van der Waals surface area contributed by atoms with Crippen LogP contribution in [0.15, 0.2) is 23.3 Å². The van der Waals surface area contributed by atoms with Gasteiger partial charge in [0.1, 0.15) is 0 Å². The van der Waals surface area contributed by atoms with Crippen LogP contribution in [-0.4, -0.2) is 13.1 Å². The lowest BCUT2D eigenvalue weighted by molar-refractivity contribution is 0.686. The van der Waals surface area contributed by atoms with Gasteiger partial charge in [-0.25, -0.2) is 0 Å². The molecule has 56 valence electrons. The van der Waals surface area contributed by atoms with Gasteiger partial charge in [-0.05, 0) is 32.4 Å². The van der Waals surface area contributed by atoms with Gasteiger partial charge in [-0.3, -0.25) is 0 Å². The largest absolute Gasteiger partial charge is 0.312 e. The Morgan fingerprint density at radius 1 is 1.50 bits per heavy atom. The second kappa shape index (κ2) is 3.57. The van der Waals surface area contributed by atoms with Crippen LogP contribution in [-0.2, 0) is 0 Å². The molecule has 0 aromatic heterocycles. The first-order chi connectivity index (χ1) is 4.84. The SMILES string of the molecule is CC=CC1=C(C)CCNC1. The molecule has 1 aliphatic rings. The van der Waals surface area contributed by atoms with Gasteiger partial charge < -0.3 is 5.32 Å². The van der Waals surface area contributed by atoms with Crippen molar-refractivity contribution in [1.29, 1.82) is 0 Å². The van der Waals surface area contributed by atoms with Crippen molar-refractivity contribution in [1.82, 2.24) is 5.32 Å². The van der Waals surface area contributed by atoms with Crippen molar-refractivity contribution in [2.75, 3.05) is 13.1 Å². The summed E-state index contributed by atoms with van der Waals surface area (Å²) in [7, 11) is 0. The quantitative estimate of drug-likeness (QED) is 0.581. The molecule has 0 bridgehead atoms. The molecule has 1 heterocycles. The van der Waals surface area contributed by atoms with Gasteiger partial charge in [0.15, 0.2) is 0 Å². The van der Waals surface area contributed by atoms with Crippen LogP contribution in [0.4, 0.5) is 0 Å². The van der Waals surface area contributed by atoms with E-state index in [1.165, 1.54) is 17.6 Å². The van der Waals surface area contributed by atoms with E-state index in [4.69, 9.17) is 0 Å². The highest BCUT2D eigenvalue weighted by atomic mass is 14.9. The number of hydrogen-bond acceptors (Lipinski definition) is 1. The number of allylic oxidation sites excluding steroid dienone is 1. The summed E-state index contributed by atoms with van der Waals surface area (Å²) in [5, 5.41) is 3.34. The van der Waals surface area contributed by atoms with Crippen LogP contribution < -0.4 is 5.32 Å². The molecular weight excluding hydrogens is 122 g/mol. The Morgan fingerprint density at radius 2 is 2.30 bits per heavy atom. The van der Waals surface area contributed by atoms with Crippen molar-refractivity contribution in [3.63, 3.8) is 0 Å². The lowest BCUT2D eigenvalue weighted by Gasteiger charge is -2.15. The van der Waals surface area contributed by atoms with Crippen LogP contribution in [0.25, 0.3) is 0 Å². The third-order valence-electron chi connectivity index (χ3n) is 1.91. The molecule has 0 unspecified atom stereocenters. The van der Waals surface area contributed by atoms with Crippen molar-refractivity contribution in [3.05, 3.63) is 23.3 Å². The predicted molar refractivity (Wildman–Crippen MR) is 45.0 cm³/mol. The van der Waals surface area contributed by atoms with Crippen molar-refractivity contribution in [2.45, 2.75) is 20.3 Å². The first-order valence-electron chi connectivity index (χ1n) is 3.86. The molecular formula is C9H15N. The molecule has 0 aromatic rings. The van der Waals surface area contributed by atoms with Crippen molar-refractivity contribution in [3.8, 4) is 0 Å². The summed E-state index contributed by atoms with van der Waals surface area (Å²) in [4.78, 5) is 0. The Kier molecular flexibility index (Phi) is 2.69. The minimum Gasteiger partial charge on any atom is -0.312 e. The average molecular weight is 137 g/mol. The van der Waals surface area contributed by atoms with Gasteiger partial charge >= 0.3 is 0 Å². The van der Waals surface area contributed by atoms with E-state index in [-0.39, 0.29) is 0 Å². The highest BCUT2D eigenvalue weighted by molar-refractivity contribution is 5.27. The van der Waals surface area contributed by atoms with Crippen LogP contribution in [0.5, 0.6) is 0 Å². The molecule has 1 rings (SSSR count). The van der Waals surface area contributed by atoms with Crippen molar-refractivity contribution >= 4 is 0 Å². The maximum Gasteiger partial charge on any atom is 0.0204 e. The fourth-order valence-electron chi connectivity index (χ4n) is 1.21. The van der Waals surface area contributed by atoms with Gasteiger partial charge in [0.25, 0.3) is 0 Å². The monoisotopic (exact) mass is 137 g/mol. The zero-order valence-corrected chi connectivity index (χ0v) is 6.78. The summed E-state index contributed by atoms with van der Waals surface area (Å²) in [5.41, 5.74) is 3.01. The summed E-state index contributed by atoms with van der Waals surface area (Å²) >= 11 is 0. The standard InChI is InChI=1S/C9H15N/c1-3-4-9-7-10-6-5-8(9)2/h3-4,10H,5-7H2,1-2H3. The van der Waals surface area contributed by atoms with Crippen LogP contribution in [0.3, 0.4) is 0 Å².